The molecule has 0 radical (unpaired) electrons. The van der Waals surface area contributed by atoms with E-state index in [2.05, 4.69) is 24.1 Å². The van der Waals surface area contributed by atoms with E-state index in [1.54, 1.807) is 0 Å². The van der Waals surface area contributed by atoms with Crippen molar-refractivity contribution in [2.75, 3.05) is 19.6 Å². The normalized spacial score (nSPS) is 31.1. The number of piperidine rings is 1. The molecule has 16 heavy (non-hydrogen) atoms. The lowest BCUT2D eigenvalue weighted by atomic mass is 9.95. The van der Waals surface area contributed by atoms with E-state index >= 15 is 0 Å². The van der Waals surface area contributed by atoms with E-state index in [1.807, 2.05) is 0 Å². The smallest absolute Gasteiger partial charge is 0.239 e. The van der Waals surface area contributed by atoms with Crippen molar-refractivity contribution in [2.24, 2.45) is 11.8 Å². The Kier molecular flexibility index (Phi) is 3.85. The molecule has 1 N–H and O–H groups in total. The average molecular weight is 224 g/mol. The molecule has 2 aliphatic heterocycles. The minimum atomic E-state index is 0.111. The lowest BCUT2D eigenvalue weighted by molar-refractivity contribution is -0.133. The fourth-order valence-corrected chi connectivity index (χ4v) is 2.81. The van der Waals surface area contributed by atoms with Crippen molar-refractivity contribution in [1.82, 2.24) is 10.2 Å². The first-order valence-corrected chi connectivity index (χ1v) is 6.70. The first-order valence-electron chi connectivity index (χ1n) is 6.70. The van der Waals surface area contributed by atoms with Gasteiger partial charge in [-0.2, -0.15) is 0 Å². The summed E-state index contributed by atoms with van der Waals surface area (Å²) in [6.45, 7) is 7.49. The van der Waals surface area contributed by atoms with Crippen molar-refractivity contribution >= 4 is 5.91 Å². The number of likely N-dealkylation sites (tertiary alicyclic amines) is 1. The van der Waals surface area contributed by atoms with Crippen LogP contribution in [0.1, 0.15) is 39.5 Å². The molecular formula is C13H24N2O. The van der Waals surface area contributed by atoms with Crippen molar-refractivity contribution in [3.05, 3.63) is 0 Å². The summed E-state index contributed by atoms with van der Waals surface area (Å²) < 4.78 is 0. The van der Waals surface area contributed by atoms with Crippen LogP contribution in [0.15, 0.2) is 0 Å². The van der Waals surface area contributed by atoms with Crippen molar-refractivity contribution in [3.8, 4) is 0 Å². The summed E-state index contributed by atoms with van der Waals surface area (Å²) in [5, 5.41) is 3.35. The number of amides is 1. The van der Waals surface area contributed by atoms with E-state index in [0.717, 1.165) is 26.1 Å². The van der Waals surface area contributed by atoms with Crippen molar-refractivity contribution in [3.63, 3.8) is 0 Å². The molecule has 0 aliphatic carbocycles. The van der Waals surface area contributed by atoms with Crippen LogP contribution in [0.4, 0.5) is 0 Å². The van der Waals surface area contributed by atoms with Gasteiger partial charge in [-0.15, -0.1) is 0 Å². The Balaban J connectivity index is 1.86. The zero-order chi connectivity index (χ0) is 11.5. The van der Waals surface area contributed by atoms with Crippen LogP contribution in [0.5, 0.6) is 0 Å². The van der Waals surface area contributed by atoms with E-state index in [4.69, 9.17) is 0 Å². The molecule has 0 bridgehead atoms. The first kappa shape index (κ1) is 11.9. The highest BCUT2D eigenvalue weighted by Crippen LogP contribution is 2.24. The third-order valence-electron chi connectivity index (χ3n) is 4.09. The van der Waals surface area contributed by atoms with E-state index in [1.165, 1.54) is 19.3 Å². The second-order valence-corrected chi connectivity index (χ2v) is 5.58. The Morgan fingerprint density at radius 3 is 2.69 bits per heavy atom. The van der Waals surface area contributed by atoms with Gasteiger partial charge in [0.1, 0.15) is 0 Å². The second kappa shape index (κ2) is 5.17. The molecule has 0 aromatic carbocycles. The maximum absolute atomic E-state index is 12.2. The molecule has 2 saturated heterocycles. The third-order valence-corrected chi connectivity index (χ3v) is 4.09. The van der Waals surface area contributed by atoms with Crippen LogP contribution < -0.4 is 5.32 Å². The van der Waals surface area contributed by atoms with E-state index < -0.39 is 0 Å². The Hall–Kier alpha value is -0.570. The number of rotatable bonds is 2. The lowest BCUT2D eigenvalue weighted by Crippen LogP contribution is -2.47. The van der Waals surface area contributed by atoms with E-state index in [0.29, 0.717) is 17.7 Å². The summed E-state index contributed by atoms with van der Waals surface area (Å²) in [5.41, 5.74) is 0. The highest BCUT2D eigenvalue weighted by Gasteiger charge is 2.32. The van der Waals surface area contributed by atoms with Gasteiger partial charge >= 0.3 is 0 Å². The summed E-state index contributed by atoms with van der Waals surface area (Å²) >= 11 is 0. The minimum Gasteiger partial charge on any atom is -0.341 e. The van der Waals surface area contributed by atoms with Crippen molar-refractivity contribution in [1.29, 1.82) is 0 Å². The lowest BCUT2D eigenvalue weighted by Gasteiger charge is -2.27. The number of carbonyl (C=O) groups is 1. The van der Waals surface area contributed by atoms with Crippen LogP contribution in [0.3, 0.4) is 0 Å². The van der Waals surface area contributed by atoms with E-state index in [-0.39, 0.29) is 6.04 Å². The third kappa shape index (κ3) is 2.57. The Bertz CT molecular complexity index is 246. The van der Waals surface area contributed by atoms with Gasteiger partial charge in [-0.3, -0.25) is 4.79 Å². The molecule has 2 rings (SSSR count). The molecule has 3 nitrogen and oxygen atoms in total. The van der Waals surface area contributed by atoms with Crippen LogP contribution in [-0.2, 0) is 4.79 Å². The molecule has 1 unspecified atom stereocenters. The first-order chi connectivity index (χ1) is 7.68. The molecular weight excluding hydrogens is 200 g/mol. The van der Waals surface area contributed by atoms with E-state index in [9.17, 15) is 4.79 Å². The maximum atomic E-state index is 12.2. The molecule has 2 atom stereocenters. The van der Waals surface area contributed by atoms with Gasteiger partial charge in [0, 0.05) is 13.1 Å². The Morgan fingerprint density at radius 1 is 1.31 bits per heavy atom. The number of nitrogens with zero attached hydrogens (tertiary/aromatic N) is 1. The van der Waals surface area contributed by atoms with Crippen LogP contribution in [-0.4, -0.2) is 36.5 Å². The van der Waals surface area contributed by atoms with Gasteiger partial charge in [-0.1, -0.05) is 20.3 Å². The van der Waals surface area contributed by atoms with Crippen LogP contribution in [0.25, 0.3) is 0 Å². The predicted molar refractivity (Wildman–Crippen MR) is 65.2 cm³/mol. The number of nitrogens with one attached hydrogen (secondary N) is 1. The van der Waals surface area contributed by atoms with Gasteiger partial charge in [0.05, 0.1) is 6.04 Å². The fourth-order valence-electron chi connectivity index (χ4n) is 2.81. The molecule has 0 aromatic heterocycles. The largest absolute Gasteiger partial charge is 0.341 e. The topological polar surface area (TPSA) is 32.3 Å². The molecule has 3 heteroatoms. The maximum Gasteiger partial charge on any atom is 0.239 e. The monoisotopic (exact) mass is 224 g/mol. The molecule has 2 heterocycles. The molecule has 0 aromatic rings. The Labute approximate surface area is 98.6 Å². The minimum absolute atomic E-state index is 0.111. The van der Waals surface area contributed by atoms with Crippen LogP contribution in [0.2, 0.25) is 0 Å². The molecule has 0 spiro atoms. The van der Waals surface area contributed by atoms with Gasteiger partial charge in [0.2, 0.25) is 5.91 Å². The molecule has 2 aliphatic rings. The number of hydrogen-bond acceptors (Lipinski definition) is 2. The zero-order valence-electron chi connectivity index (χ0n) is 10.5. The molecule has 1 amide bonds. The van der Waals surface area contributed by atoms with Crippen molar-refractivity contribution < 1.29 is 4.79 Å². The van der Waals surface area contributed by atoms with Gasteiger partial charge < -0.3 is 10.2 Å². The van der Waals surface area contributed by atoms with Crippen molar-refractivity contribution in [2.45, 2.75) is 45.6 Å². The average Bonchev–Trinajstić information content (AvgIpc) is 2.78. The molecule has 2 fully saturated rings. The second-order valence-electron chi connectivity index (χ2n) is 5.58. The molecule has 0 saturated carbocycles. The highest BCUT2D eigenvalue weighted by molar-refractivity contribution is 5.82. The number of carbonyl (C=O) groups excluding carboxylic acids is 1. The van der Waals surface area contributed by atoms with Crippen LogP contribution >= 0.6 is 0 Å². The van der Waals surface area contributed by atoms with Gasteiger partial charge in [-0.25, -0.2) is 0 Å². The SMILES string of the molecule is CC(C)C1CCN(C(=O)[C@H]2CCCCN2)C1. The van der Waals surface area contributed by atoms with Crippen LogP contribution in [0, 0.1) is 11.8 Å². The summed E-state index contributed by atoms with van der Waals surface area (Å²) in [4.78, 5) is 14.3. The van der Waals surface area contributed by atoms with Gasteiger partial charge in [0.15, 0.2) is 0 Å². The molecule has 92 valence electrons. The number of hydrogen-bond donors (Lipinski definition) is 1. The quantitative estimate of drug-likeness (QED) is 0.773. The predicted octanol–water partition coefficient (Wildman–Crippen LogP) is 1.63. The summed E-state index contributed by atoms with van der Waals surface area (Å²) in [6, 6.07) is 0.111. The van der Waals surface area contributed by atoms with Gasteiger partial charge in [-0.05, 0) is 37.6 Å². The summed E-state index contributed by atoms with van der Waals surface area (Å²) in [7, 11) is 0. The highest BCUT2D eigenvalue weighted by atomic mass is 16.2. The fraction of sp³-hybridized carbons (Fsp3) is 0.923. The Morgan fingerprint density at radius 2 is 2.12 bits per heavy atom. The summed E-state index contributed by atoms with van der Waals surface area (Å²) in [6.07, 6.45) is 4.64. The van der Waals surface area contributed by atoms with Gasteiger partial charge in [0.25, 0.3) is 0 Å². The standard InChI is InChI=1S/C13H24N2O/c1-10(2)11-6-8-15(9-11)13(16)12-5-3-4-7-14-12/h10-12,14H,3-9H2,1-2H3/t11?,12-/m1/s1. The zero-order valence-corrected chi connectivity index (χ0v) is 10.5. The summed E-state index contributed by atoms with van der Waals surface area (Å²) in [5.74, 6) is 1.77.